The maximum absolute atomic E-state index is 11.0. The quantitative estimate of drug-likeness (QED) is 0.542. The molecule has 3 N–H and O–H groups in total. The largest absolute Gasteiger partial charge is 0.394 e. The number of hydrogen-bond donors (Lipinski definition) is 3. The van der Waals surface area contributed by atoms with Crippen LogP contribution in [-0.2, 0) is 9.53 Å². The minimum Gasteiger partial charge on any atom is -0.394 e. The van der Waals surface area contributed by atoms with Gasteiger partial charge in [-0.3, -0.25) is 4.79 Å². The normalized spacial score (nSPS) is 34.1. The molecule has 4 atom stereocenters. The smallest absolute Gasteiger partial charge is 0.217 e. The summed E-state index contributed by atoms with van der Waals surface area (Å²) in [5.74, 6) is 2.27. The van der Waals surface area contributed by atoms with Gasteiger partial charge in [0.2, 0.25) is 5.91 Å². The van der Waals surface area contributed by atoms with E-state index in [0.717, 1.165) is 0 Å². The van der Waals surface area contributed by atoms with Gasteiger partial charge in [0.25, 0.3) is 0 Å². The van der Waals surface area contributed by atoms with E-state index in [-0.39, 0.29) is 24.7 Å². The summed E-state index contributed by atoms with van der Waals surface area (Å²) in [4.78, 5) is 11.0. The summed E-state index contributed by atoms with van der Waals surface area (Å²) in [5, 5.41) is 21.3. The van der Waals surface area contributed by atoms with Crippen LogP contribution >= 0.6 is 0 Å². The standard InChI is InChI=1S/C11H17NO4/c1-3-4-10-8(12-7(2)14)5-9(15)11(6-13)16-10/h1,8-11,13,15H,4-6H2,2H3,(H,12,14)/t8-,9-,10-,11-/m1/s1. The van der Waals surface area contributed by atoms with Crippen molar-refractivity contribution in [3.8, 4) is 12.3 Å². The first kappa shape index (κ1) is 13.0. The van der Waals surface area contributed by atoms with Gasteiger partial charge in [-0.05, 0) is 6.42 Å². The number of carbonyl (C=O) groups is 1. The SMILES string of the molecule is C#CC[C@H]1O[C@H](CO)[C@H](O)C[C@H]1NC(C)=O. The number of ether oxygens (including phenoxy) is 1. The van der Waals surface area contributed by atoms with Crippen molar-refractivity contribution in [1.29, 1.82) is 0 Å². The molecule has 1 fully saturated rings. The van der Waals surface area contributed by atoms with E-state index in [2.05, 4.69) is 11.2 Å². The number of hydrogen-bond acceptors (Lipinski definition) is 4. The molecule has 0 unspecified atom stereocenters. The van der Waals surface area contributed by atoms with Crippen LogP contribution in [0.2, 0.25) is 0 Å². The van der Waals surface area contributed by atoms with Crippen molar-refractivity contribution >= 4 is 5.91 Å². The number of carbonyl (C=O) groups excluding carboxylic acids is 1. The van der Waals surface area contributed by atoms with Crippen LogP contribution in [0.25, 0.3) is 0 Å². The van der Waals surface area contributed by atoms with Crippen LogP contribution in [0.4, 0.5) is 0 Å². The average molecular weight is 227 g/mol. The Morgan fingerprint density at radius 1 is 1.62 bits per heavy atom. The molecule has 0 saturated carbocycles. The molecule has 1 amide bonds. The summed E-state index contributed by atoms with van der Waals surface area (Å²) in [7, 11) is 0. The Morgan fingerprint density at radius 3 is 2.81 bits per heavy atom. The van der Waals surface area contributed by atoms with E-state index in [1.54, 1.807) is 0 Å². The van der Waals surface area contributed by atoms with Gasteiger partial charge in [0.05, 0.1) is 24.9 Å². The molecule has 0 aromatic heterocycles. The van der Waals surface area contributed by atoms with Gasteiger partial charge in [-0.2, -0.15) is 0 Å². The lowest BCUT2D eigenvalue weighted by molar-refractivity contribution is -0.149. The topological polar surface area (TPSA) is 78.8 Å². The third-order valence-electron chi connectivity index (χ3n) is 2.61. The molecule has 5 heteroatoms. The highest BCUT2D eigenvalue weighted by atomic mass is 16.5. The van der Waals surface area contributed by atoms with Crippen molar-refractivity contribution in [3.63, 3.8) is 0 Å². The van der Waals surface area contributed by atoms with Gasteiger partial charge in [-0.1, -0.05) is 0 Å². The van der Waals surface area contributed by atoms with Crippen molar-refractivity contribution in [2.75, 3.05) is 6.61 Å². The maximum atomic E-state index is 11.0. The Morgan fingerprint density at radius 2 is 2.31 bits per heavy atom. The van der Waals surface area contributed by atoms with E-state index >= 15 is 0 Å². The monoisotopic (exact) mass is 227 g/mol. The summed E-state index contributed by atoms with van der Waals surface area (Å²) in [6.45, 7) is 1.15. The van der Waals surface area contributed by atoms with E-state index in [0.29, 0.717) is 12.8 Å². The molecule has 0 radical (unpaired) electrons. The first-order valence-corrected chi connectivity index (χ1v) is 5.23. The summed E-state index contributed by atoms with van der Waals surface area (Å²) in [6.07, 6.45) is 4.14. The molecule has 1 rings (SSSR count). The lowest BCUT2D eigenvalue weighted by Crippen LogP contribution is -2.54. The number of terminal acetylenes is 1. The second-order valence-corrected chi connectivity index (χ2v) is 3.91. The van der Waals surface area contributed by atoms with Crippen LogP contribution in [0.5, 0.6) is 0 Å². The maximum Gasteiger partial charge on any atom is 0.217 e. The highest BCUT2D eigenvalue weighted by Crippen LogP contribution is 2.22. The molecule has 1 aliphatic heterocycles. The van der Waals surface area contributed by atoms with E-state index in [1.807, 2.05) is 0 Å². The molecule has 0 aliphatic carbocycles. The fourth-order valence-electron chi connectivity index (χ4n) is 1.86. The molecule has 1 heterocycles. The number of nitrogens with one attached hydrogen (secondary N) is 1. The van der Waals surface area contributed by atoms with Crippen LogP contribution in [0.3, 0.4) is 0 Å². The molecule has 0 bridgehead atoms. The summed E-state index contributed by atoms with van der Waals surface area (Å²) in [6, 6.07) is -0.300. The lowest BCUT2D eigenvalue weighted by Gasteiger charge is -2.38. The average Bonchev–Trinajstić information content (AvgIpc) is 2.21. The second kappa shape index (κ2) is 5.85. The fourth-order valence-corrected chi connectivity index (χ4v) is 1.86. The molecule has 0 spiro atoms. The van der Waals surface area contributed by atoms with Crippen LogP contribution in [0, 0.1) is 12.3 Å². The van der Waals surface area contributed by atoms with Crippen molar-refractivity contribution < 1.29 is 19.7 Å². The number of rotatable bonds is 3. The zero-order valence-corrected chi connectivity index (χ0v) is 9.22. The third-order valence-corrected chi connectivity index (χ3v) is 2.61. The van der Waals surface area contributed by atoms with Gasteiger partial charge >= 0.3 is 0 Å². The molecule has 5 nitrogen and oxygen atoms in total. The Bertz CT molecular complexity index is 286. The highest BCUT2D eigenvalue weighted by molar-refractivity contribution is 5.73. The predicted octanol–water partition coefficient (Wildman–Crippen LogP) is -0.975. The molecule has 90 valence electrons. The van der Waals surface area contributed by atoms with Gasteiger partial charge in [-0.15, -0.1) is 12.3 Å². The minimum absolute atomic E-state index is 0.190. The molecular formula is C11H17NO4. The van der Waals surface area contributed by atoms with E-state index < -0.39 is 12.2 Å². The second-order valence-electron chi connectivity index (χ2n) is 3.91. The fraction of sp³-hybridized carbons (Fsp3) is 0.727. The number of aliphatic hydroxyl groups is 2. The van der Waals surface area contributed by atoms with Crippen LogP contribution in [-0.4, -0.2) is 47.1 Å². The molecule has 0 aromatic rings. The Labute approximate surface area is 94.8 Å². The van der Waals surface area contributed by atoms with Crippen molar-refractivity contribution in [1.82, 2.24) is 5.32 Å². The van der Waals surface area contributed by atoms with Gasteiger partial charge < -0.3 is 20.3 Å². The molecule has 0 aromatic carbocycles. The van der Waals surface area contributed by atoms with Crippen molar-refractivity contribution in [3.05, 3.63) is 0 Å². The van der Waals surface area contributed by atoms with Gasteiger partial charge in [0.15, 0.2) is 0 Å². The van der Waals surface area contributed by atoms with E-state index in [9.17, 15) is 9.90 Å². The Kier molecular flexibility index (Phi) is 4.74. The minimum atomic E-state index is -0.782. The number of amides is 1. The van der Waals surface area contributed by atoms with Gasteiger partial charge in [0.1, 0.15) is 6.10 Å². The first-order valence-electron chi connectivity index (χ1n) is 5.23. The van der Waals surface area contributed by atoms with Gasteiger partial charge in [0, 0.05) is 13.3 Å². The van der Waals surface area contributed by atoms with Crippen LogP contribution in [0.1, 0.15) is 19.8 Å². The highest BCUT2D eigenvalue weighted by Gasteiger charge is 2.36. The molecule has 1 aliphatic rings. The lowest BCUT2D eigenvalue weighted by atomic mass is 9.94. The zero-order valence-electron chi connectivity index (χ0n) is 9.22. The molecule has 1 saturated heterocycles. The van der Waals surface area contributed by atoms with Crippen molar-refractivity contribution in [2.24, 2.45) is 0 Å². The summed E-state index contributed by atoms with van der Waals surface area (Å²) < 4.78 is 5.44. The zero-order chi connectivity index (χ0) is 12.1. The summed E-state index contributed by atoms with van der Waals surface area (Å²) in [5.41, 5.74) is 0. The van der Waals surface area contributed by atoms with Crippen molar-refractivity contribution in [2.45, 2.75) is 44.1 Å². The summed E-state index contributed by atoms with van der Waals surface area (Å²) >= 11 is 0. The van der Waals surface area contributed by atoms with Crippen LogP contribution in [0.15, 0.2) is 0 Å². The molecular weight excluding hydrogens is 210 g/mol. The van der Waals surface area contributed by atoms with Gasteiger partial charge in [-0.25, -0.2) is 0 Å². The number of aliphatic hydroxyl groups excluding tert-OH is 2. The third kappa shape index (κ3) is 3.20. The Hall–Kier alpha value is -1.09. The Balaban J connectivity index is 2.67. The van der Waals surface area contributed by atoms with E-state index in [4.69, 9.17) is 16.3 Å². The van der Waals surface area contributed by atoms with E-state index in [1.165, 1.54) is 6.92 Å². The molecule has 16 heavy (non-hydrogen) atoms. The first-order chi connectivity index (χ1) is 7.58. The predicted molar refractivity (Wildman–Crippen MR) is 57.4 cm³/mol. The van der Waals surface area contributed by atoms with Crippen LogP contribution < -0.4 is 5.32 Å².